The second kappa shape index (κ2) is 12.8. The molecule has 0 aliphatic rings. The Hall–Kier alpha value is -1.79. The Labute approximate surface area is 192 Å². The van der Waals surface area contributed by atoms with Crippen molar-refractivity contribution in [3.63, 3.8) is 0 Å². The van der Waals surface area contributed by atoms with Gasteiger partial charge < -0.3 is 10.2 Å². The molecule has 0 heterocycles. The first-order chi connectivity index (χ1) is 14.5. The lowest BCUT2D eigenvalue weighted by Crippen LogP contribution is -2.49. The van der Waals surface area contributed by atoms with Crippen molar-refractivity contribution >= 4 is 39.5 Å². The van der Waals surface area contributed by atoms with E-state index in [9.17, 15) is 9.59 Å². The summed E-state index contributed by atoms with van der Waals surface area (Å²) in [5.74, 6) is 1.04. The molecule has 2 rings (SSSR count). The van der Waals surface area contributed by atoms with Crippen molar-refractivity contribution in [2.75, 3.05) is 12.3 Å². The van der Waals surface area contributed by atoms with Gasteiger partial charge in [-0.25, -0.2) is 0 Å². The highest BCUT2D eigenvalue weighted by molar-refractivity contribution is 9.10. The lowest BCUT2D eigenvalue weighted by molar-refractivity contribution is -0.139. The van der Waals surface area contributed by atoms with Crippen LogP contribution in [0, 0.1) is 6.92 Å². The molecule has 4 nitrogen and oxygen atoms in total. The van der Waals surface area contributed by atoms with Crippen LogP contribution in [-0.2, 0) is 21.9 Å². The Morgan fingerprint density at radius 1 is 1.10 bits per heavy atom. The Balaban J connectivity index is 2.11. The predicted molar refractivity (Wildman–Crippen MR) is 129 cm³/mol. The van der Waals surface area contributed by atoms with Gasteiger partial charge in [0.1, 0.15) is 6.04 Å². The minimum atomic E-state index is -0.461. The van der Waals surface area contributed by atoms with Crippen LogP contribution in [0.5, 0.6) is 0 Å². The van der Waals surface area contributed by atoms with Gasteiger partial charge in [-0.2, -0.15) is 0 Å². The third kappa shape index (κ3) is 7.47. The van der Waals surface area contributed by atoms with Crippen molar-refractivity contribution in [3.8, 4) is 0 Å². The summed E-state index contributed by atoms with van der Waals surface area (Å²) in [6.45, 7) is 7.10. The maximum Gasteiger partial charge on any atom is 0.242 e. The van der Waals surface area contributed by atoms with E-state index in [1.54, 1.807) is 16.7 Å². The molecular formula is C24H31BrN2O2S. The van der Waals surface area contributed by atoms with Gasteiger partial charge in [0.2, 0.25) is 11.8 Å². The molecular weight excluding hydrogens is 460 g/mol. The molecule has 0 fully saturated rings. The zero-order valence-electron chi connectivity index (χ0n) is 18.0. The lowest BCUT2D eigenvalue weighted by atomic mass is 10.1. The summed E-state index contributed by atoms with van der Waals surface area (Å²) < 4.78 is 1.04. The molecule has 2 aromatic carbocycles. The van der Waals surface area contributed by atoms with Crippen LogP contribution in [0.1, 0.15) is 43.4 Å². The maximum atomic E-state index is 13.2. The van der Waals surface area contributed by atoms with Crippen molar-refractivity contribution in [2.24, 2.45) is 0 Å². The van der Waals surface area contributed by atoms with Crippen LogP contribution < -0.4 is 5.32 Å². The predicted octanol–water partition coefficient (Wildman–Crippen LogP) is 5.32. The first-order valence-corrected chi connectivity index (χ1v) is 12.3. The third-order valence-corrected chi connectivity index (χ3v) is 6.46. The zero-order valence-corrected chi connectivity index (χ0v) is 20.4. The van der Waals surface area contributed by atoms with Gasteiger partial charge in [-0.15, -0.1) is 11.8 Å². The average molecular weight is 491 g/mol. The van der Waals surface area contributed by atoms with E-state index in [0.717, 1.165) is 27.8 Å². The molecule has 30 heavy (non-hydrogen) atoms. The van der Waals surface area contributed by atoms with Crippen molar-refractivity contribution in [1.29, 1.82) is 0 Å². The van der Waals surface area contributed by atoms with Gasteiger partial charge in [0, 0.05) is 23.3 Å². The Morgan fingerprint density at radius 3 is 2.43 bits per heavy atom. The van der Waals surface area contributed by atoms with E-state index in [1.165, 1.54) is 5.56 Å². The number of carbonyl (C=O) groups excluding carboxylic acids is 2. The van der Waals surface area contributed by atoms with Gasteiger partial charge in [0.25, 0.3) is 0 Å². The highest BCUT2D eigenvalue weighted by Crippen LogP contribution is 2.19. The van der Waals surface area contributed by atoms with E-state index >= 15 is 0 Å². The molecule has 0 radical (unpaired) electrons. The number of rotatable bonds is 11. The summed E-state index contributed by atoms with van der Waals surface area (Å²) in [5.41, 5.74) is 3.38. The molecule has 1 atom stereocenters. The number of benzene rings is 2. The SMILES string of the molecule is CCCNC(=O)[C@H](CC)N(Cc1ccccc1C)C(=O)CSCc1ccc(Br)cc1. The van der Waals surface area contributed by atoms with Crippen LogP contribution in [0.3, 0.4) is 0 Å². The fourth-order valence-corrected chi connectivity index (χ4v) is 4.31. The van der Waals surface area contributed by atoms with Crippen LogP contribution in [0.15, 0.2) is 53.0 Å². The smallest absolute Gasteiger partial charge is 0.242 e. The van der Waals surface area contributed by atoms with Crippen molar-refractivity contribution < 1.29 is 9.59 Å². The summed E-state index contributed by atoms with van der Waals surface area (Å²) in [5, 5.41) is 2.96. The molecule has 0 saturated heterocycles. The summed E-state index contributed by atoms with van der Waals surface area (Å²) >= 11 is 5.03. The van der Waals surface area contributed by atoms with Gasteiger partial charge in [0.05, 0.1) is 5.75 Å². The van der Waals surface area contributed by atoms with Crippen LogP contribution in [-0.4, -0.2) is 35.1 Å². The first-order valence-electron chi connectivity index (χ1n) is 10.4. The lowest BCUT2D eigenvalue weighted by Gasteiger charge is -2.31. The number of nitrogens with zero attached hydrogens (tertiary/aromatic N) is 1. The van der Waals surface area contributed by atoms with Gasteiger partial charge in [0.15, 0.2) is 0 Å². The molecule has 0 spiro atoms. The molecule has 2 amide bonds. The second-order valence-corrected chi connectivity index (χ2v) is 9.18. The fourth-order valence-electron chi connectivity index (χ4n) is 3.18. The number of aryl methyl sites for hydroxylation is 1. The van der Waals surface area contributed by atoms with Crippen LogP contribution in [0.4, 0.5) is 0 Å². The number of nitrogens with one attached hydrogen (secondary N) is 1. The fraction of sp³-hybridized carbons (Fsp3) is 0.417. The molecule has 162 valence electrons. The van der Waals surface area contributed by atoms with E-state index in [1.807, 2.05) is 57.2 Å². The van der Waals surface area contributed by atoms with Crippen LogP contribution in [0.2, 0.25) is 0 Å². The van der Waals surface area contributed by atoms with Crippen molar-refractivity contribution in [2.45, 2.75) is 52.0 Å². The Kier molecular flexibility index (Phi) is 10.4. The van der Waals surface area contributed by atoms with Crippen molar-refractivity contribution in [3.05, 3.63) is 69.7 Å². The maximum absolute atomic E-state index is 13.2. The summed E-state index contributed by atoms with van der Waals surface area (Å²) in [7, 11) is 0. The van der Waals surface area contributed by atoms with Crippen molar-refractivity contribution in [1.82, 2.24) is 10.2 Å². The monoisotopic (exact) mass is 490 g/mol. The van der Waals surface area contributed by atoms with E-state index in [-0.39, 0.29) is 11.8 Å². The standard InChI is InChI=1S/C24H31BrN2O2S/c1-4-14-26-24(29)22(5-2)27(15-20-9-7-6-8-18(20)3)23(28)17-30-16-19-10-12-21(25)13-11-19/h6-13,22H,4-5,14-17H2,1-3H3,(H,26,29)/t22-/m0/s1. The summed E-state index contributed by atoms with van der Waals surface area (Å²) in [6, 6.07) is 15.7. The topological polar surface area (TPSA) is 49.4 Å². The first kappa shape index (κ1) is 24.5. The molecule has 1 N–H and O–H groups in total. The van der Waals surface area contributed by atoms with E-state index in [0.29, 0.717) is 25.3 Å². The number of carbonyl (C=O) groups is 2. The van der Waals surface area contributed by atoms with Gasteiger partial charge in [-0.3, -0.25) is 9.59 Å². The highest BCUT2D eigenvalue weighted by Gasteiger charge is 2.28. The number of hydrogen-bond acceptors (Lipinski definition) is 3. The third-order valence-electron chi connectivity index (χ3n) is 4.94. The molecule has 0 aliphatic carbocycles. The van der Waals surface area contributed by atoms with Gasteiger partial charge >= 0.3 is 0 Å². The van der Waals surface area contributed by atoms with Crippen LogP contribution in [0.25, 0.3) is 0 Å². The molecule has 0 bridgehead atoms. The summed E-state index contributed by atoms with van der Waals surface area (Å²) in [4.78, 5) is 27.7. The molecule has 6 heteroatoms. The Morgan fingerprint density at radius 2 is 1.80 bits per heavy atom. The quantitative estimate of drug-likeness (QED) is 0.463. The molecule has 0 unspecified atom stereocenters. The molecule has 0 aliphatic heterocycles. The highest BCUT2D eigenvalue weighted by atomic mass is 79.9. The van der Waals surface area contributed by atoms with Crippen LogP contribution >= 0.6 is 27.7 Å². The minimum absolute atomic E-state index is 0.00105. The Bertz CT molecular complexity index is 826. The number of amides is 2. The van der Waals surface area contributed by atoms with Gasteiger partial charge in [-0.1, -0.05) is 66.2 Å². The summed E-state index contributed by atoms with van der Waals surface area (Å²) in [6.07, 6.45) is 1.46. The molecule has 0 saturated carbocycles. The van der Waals surface area contributed by atoms with E-state index in [2.05, 4.69) is 33.4 Å². The average Bonchev–Trinajstić information content (AvgIpc) is 2.74. The van der Waals surface area contributed by atoms with E-state index in [4.69, 9.17) is 0 Å². The number of thioether (sulfide) groups is 1. The molecule has 0 aromatic heterocycles. The second-order valence-electron chi connectivity index (χ2n) is 7.28. The van der Waals surface area contributed by atoms with Gasteiger partial charge in [-0.05, 0) is 48.6 Å². The zero-order chi connectivity index (χ0) is 21.9. The van der Waals surface area contributed by atoms with E-state index < -0.39 is 6.04 Å². The minimum Gasteiger partial charge on any atom is -0.354 e. The number of hydrogen-bond donors (Lipinski definition) is 1. The normalized spacial score (nSPS) is 11.7. The largest absolute Gasteiger partial charge is 0.354 e. The number of halogens is 1. The molecule has 2 aromatic rings.